The number of aldehydes is 1. The minimum Gasteiger partial charge on any atom is -0.303 e. The lowest BCUT2D eigenvalue weighted by molar-refractivity contribution is -0.107. The van der Waals surface area contributed by atoms with Crippen LogP contribution >= 0.6 is 11.3 Å². The smallest absolute Gasteiger partial charge is 0.125 e. The number of fused-ring (bicyclic) bond motifs is 1. The molecule has 0 saturated carbocycles. The van der Waals surface area contributed by atoms with Crippen molar-refractivity contribution in [2.24, 2.45) is 0 Å². The molecule has 0 aliphatic carbocycles. The maximum Gasteiger partial charge on any atom is 0.125 e. The van der Waals surface area contributed by atoms with Crippen molar-refractivity contribution in [2.75, 3.05) is 0 Å². The fourth-order valence-electron chi connectivity index (χ4n) is 1.22. The number of thiophene rings is 1. The summed E-state index contributed by atoms with van der Waals surface area (Å²) >= 11 is 1.69. The van der Waals surface area contributed by atoms with Crippen LogP contribution in [0.3, 0.4) is 0 Å². The molecule has 0 aliphatic rings. The van der Waals surface area contributed by atoms with Crippen molar-refractivity contribution in [3.8, 4) is 0 Å². The molecule has 1 aromatic heterocycles. The van der Waals surface area contributed by atoms with Gasteiger partial charge in [0.25, 0.3) is 0 Å². The van der Waals surface area contributed by atoms with Crippen molar-refractivity contribution in [3.05, 3.63) is 35.2 Å². The Morgan fingerprint density at radius 1 is 1.33 bits per heavy atom. The molecule has 0 radical (unpaired) electrons. The second-order valence-electron chi connectivity index (χ2n) is 2.62. The van der Waals surface area contributed by atoms with E-state index in [4.69, 9.17) is 0 Å². The normalized spacial score (nSPS) is 10.3. The Balaban J connectivity index is 2.54. The molecule has 0 N–H and O–H groups in total. The van der Waals surface area contributed by atoms with E-state index in [2.05, 4.69) is 18.2 Å². The molecule has 2 heteroatoms. The predicted molar refractivity (Wildman–Crippen MR) is 51.6 cm³/mol. The van der Waals surface area contributed by atoms with Crippen LogP contribution in [0, 0.1) is 0 Å². The lowest BCUT2D eigenvalue weighted by Gasteiger charge is -1.82. The first-order valence-electron chi connectivity index (χ1n) is 3.81. The minimum atomic E-state index is 0.541. The van der Waals surface area contributed by atoms with Gasteiger partial charge in [-0.1, -0.05) is 18.2 Å². The van der Waals surface area contributed by atoms with Crippen LogP contribution in [0.5, 0.6) is 0 Å². The summed E-state index contributed by atoms with van der Waals surface area (Å²) in [4.78, 5) is 11.4. The summed E-state index contributed by atoms with van der Waals surface area (Å²) < 4.78 is 1.26. The van der Waals surface area contributed by atoms with E-state index in [0.717, 1.165) is 11.2 Å². The first kappa shape index (κ1) is 7.50. The van der Waals surface area contributed by atoms with Crippen LogP contribution in [-0.2, 0) is 11.2 Å². The maximum absolute atomic E-state index is 10.3. The van der Waals surface area contributed by atoms with Crippen molar-refractivity contribution in [1.29, 1.82) is 0 Å². The predicted octanol–water partition coefficient (Wildman–Crippen LogP) is 2.64. The van der Waals surface area contributed by atoms with Crippen molar-refractivity contribution in [2.45, 2.75) is 6.42 Å². The summed E-state index contributed by atoms with van der Waals surface area (Å²) in [5, 5.41) is 1.24. The third-order valence-corrected chi connectivity index (χ3v) is 2.90. The molecule has 2 rings (SSSR count). The van der Waals surface area contributed by atoms with Crippen molar-refractivity contribution >= 4 is 27.7 Å². The first-order valence-corrected chi connectivity index (χ1v) is 4.63. The van der Waals surface area contributed by atoms with Gasteiger partial charge < -0.3 is 4.79 Å². The molecule has 1 aromatic carbocycles. The highest BCUT2D eigenvalue weighted by molar-refractivity contribution is 7.19. The standard InChI is InChI=1S/C10H8OS/c11-6-5-9-7-8-3-1-2-4-10(8)12-9/h1-4,6-7H,5H2. The van der Waals surface area contributed by atoms with Gasteiger partial charge in [-0.15, -0.1) is 11.3 Å². The highest BCUT2D eigenvalue weighted by atomic mass is 32.1. The molecular weight excluding hydrogens is 168 g/mol. The van der Waals surface area contributed by atoms with E-state index in [1.54, 1.807) is 11.3 Å². The average Bonchev–Trinajstić information content (AvgIpc) is 2.47. The van der Waals surface area contributed by atoms with Gasteiger partial charge in [0.1, 0.15) is 6.29 Å². The van der Waals surface area contributed by atoms with E-state index in [-0.39, 0.29) is 0 Å². The third-order valence-electron chi connectivity index (χ3n) is 1.76. The Hall–Kier alpha value is -1.15. The van der Waals surface area contributed by atoms with Gasteiger partial charge in [-0.2, -0.15) is 0 Å². The van der Waals surface area contributed by atoms with Gasteiger partial charge >= 0.3 is 0 Å². The molecular formula is C10H8OS. The molecule has 0 aliphatic heterocycles. The van der Waals surface area contributed by atoms with Crippen LogP contribution in [-0.4, -0.2) is 6.29 Å². The average molecular weight is 176 g/mol. The summed E-state index contributed by atoms with van der Waals surface area (Å²) in [5.41, 5.74) is 0. The highest BCUT2D eigenvalue weighted by Crippen LogP contribution is 2.24. The second kappa shape index (κ2) is 3.07. The van der Waals surface area contributed by atoms with Crippen molar-refractivity contribution in [1.82, 2.24) is 0 Å². The van der Waals surface area contributed by atoms with Crippen LogP contribution in [0.15, 0.2) is 30.3 Å². The van der Waals surface area contributed by atoms with Gasteiger partial charge in [0.15, 0.2) is 0 Å². The Labute approximate surface area is 74.6 Å². The molecule has 0 saturated heterocycles. The Kier molecular flexibility index (Phi) is 1.92. The van der Waals surface area contributed by atoms with Crippen LogP contribution < -0.4 is 0 Å². The van der Waals surface area contributed by atoms with E-state index in [1.165, 1.54) is 10.1 Å². The molecule has 60 valence electrons. The number of hydrogen-bond donors (Lipinski definition) is 0. The zero-order chi connectivity index (χ0) is 8.39. The number of hydrogen-bond acceptors (Lipinski definition) is 2. The number of carbonyl (C=O) groups is 1. The SMILES string of the molecule is O=CCc1cc2ccccc2s1. The molecule has 0 amide bonds. The summed E-state index contributed by atoms with van der Waals surface area (Å²) in [6.07, 6.45) is 1.49. The van der Waals surface area contributed by atoms with Crippen LogP contribution in [0.25, 0.3) is 10.1 Å². The van der Waals surface area contributed by atoms with Gasteiger partial charge in [0.2, 0.25) is 0 Å². The number of benzene rings is 1. The minimum absolute atomic E-state index is 0.541. The number of rotatable bonds is 2. The zero-order valence-electron chi connectivity index (χ0n) is 6.49. The lowest BCUT2D eigenvalue weighted by atomic mass is 10.2. The van der Waals surface area contributed by atoms with E-state index in [1.807, 2.05) is 12.1 Å². The van der Waals surface area contributed by atoms with E-state index < -0.39 is 0 Å². The quantitative estimate of drug-likeness (QED) is 0.643. The largest absolute Gasteiger partial charge is 0.303 e. The lowest BCUT2D eigenvalue weighted by Crippen LogP contribution is -1.76. The molecule has 0 fully saturated rings. The maximum atomic E-state index is 10.3. The second-order valence-corrected chi connectivity index (χ2v) is 3.79. The monoisotopic (exact) mass is 176 g/mol. The van der Waals surface area contributed by atoms with Crippen LogP contribution in [0.1, 0.15) is 4.88 Å². The van der Waals surface area contributed by atoms with Crippen LogP contribution in [0.4, 0.5) is 0 Å². The fraction of sp³-hybridized carbons (Fsp3) is 0.100. The van der Waals surface area contributed by atoms with Crippen molar-refractivity contribution < 1.29 is 4.79 Å². The van der Waals surface area contributed by atoms with E-state index in [0.29, 0.717) is 6.42 Å². The Morgan fingerprint density at radius 3 is 2.92 bits per heavy atom. The van der Waals surface area contributed by atoms with Crippen LogP contribution in [0.2, 0.25) is 0 Å². The zero-order valence-corrected chi connectivity index (χ0v) is 7.30. The summed E-state index contributed by atoms with van der Waals surface area (Å²) in [6, 6.07) is 10.3. The summed E-state index contributed by atoms with van der Waals surface area (Å²) in [7, 11) is 0. The van der Waals surface area contributed by atoms with Gasteiger partial charge in [0.05, 0.1) is 0 Å². The van der Waals surface area contributed by atoms with Gasteiger partial charge in [0, 0.05) is 16.0 Å². The molecule has 0 atom stereocenters. The summed E-state index contributed by atoms with van der Waals surface area (Å²) in [5.74, 6) is 0. The van der Waals surface area contributed by atoms with Crippen molar-refractivity contribution in [3.63, 3.8) is 0 Å². The van der Waals surface area contributed by atoms with Gasteiger partial charge in [-0.05, 0) is 17.5 Å². The molecule has 2 aromatic rings. The van der Waals surface area contributed by atoms with Gasteiger partial charge in [-0.3, -0.25) is 0 Å². The topological polar surface area (TPSA) is 17.1 Å². The molecule has 0 bridgehead atoms. The van der Waals surface area contributed by atoms with E-state index in [9.17, 15) is 4.79 Å². The Morgan fingerprint density at radius 2 is 2.17 bits per heavy atom. The number of carbonyl (C=O) groups excluding carboxylic acids is 1. The Bertz CT molecular complexity index is 370. The molecule has 1 heterocycles. The fourth-order valence-corrected chi connectivity index (χ4v) is 2.23. The molecule has 0 unspecified atom stereocenters. The van der Waals surface area contributed by atoms with E-state index >= 15 is 0 Å². The molecule has 12 heavy (non-hydrogen) atoms. The molecule has 0 spiro atoms. The molecule has 1 nitrogen and oxygen atoms in total. The third kappa shape index (κ3) is 1.25. The summed E-state index contributed by atoms with van der Waals surface area (Å²) in [6.45, 7) is 0. The highest BCUT2D eigenvalue weighted by Gasteiger charge is 1.98. The van der Waals surface area contributed by atoms with Gasteiger partial charge in [-0.25, -0.2) is 0 Å². The first-order chi connectivity index (χ1) is 5.90.